The van der Waals surface area contributed by atoms with Crippen LogP contribution >= 0.6 is 45.9 Å². The monoisotopic (exact) mass is 494 g/mol. The van der Waals surface area contributed by atoms with E-state index in [1.54, 1.807) is 24.3 Å². The summed E-state index contributed by atoms with van der Waals surface area (Å²) in [6.45, 7) is 0. The third-order valence-electron chi connectivity index (χ3n) is 3.15. The molecule has 6 heteroatoms. The molecule has 0 bridgehead atoms. The molecule has 0 radical (unpaired) electrons. The molecule has 0 aliphatic carbocycles. The number of benzene rings is 2. The summed E-state index contributed by atoms with van der Waals surface area (Å²) in [5.41, 5.74) is 3.08. The maximum Gasteiger partial charge on any atom is 0.267 e. The number of aromatic hydroxyl groups is 1. The number of hydrogen-bond donors (Lipinski definition) is 1. The number of halogens is 4. The lowest BCUT2D eigenvalue weighted by molar-refractivity contribution is 0.474. The van der Waals surface area contributed by atoms with Crippen LogP contribution in [0.5, 0.6) is 5.75 Å². The molecule has 0 aliphatic rings. The van der Waals surface area contributed by atoms with Gasteiger partial charge < -0.3 is 5.11 Å². The summed E-state index contributed by atoms with van der Waals surface area (Å²) < 4.78 is 11.4. The maximum atomic E-state index is 13.0. The second kappa shape index (κ2) is 7.40. The first-order valence-corrected chi connectivity index (χ1v) is 15.5. The molecule has 1 N–H and O–H groups in total. The summed E-state index contributed by atoms with van der Waals surface area (Å²) in [6.07, 6.45) is 1.85. The Morgan fingerprint density at radius 2 is 1.67 bits per heavy atom. The largest absolute Gasteiger partial charge is 0.508 e. The molecular weight excluding hydrogens is 483 g/mol. The third-order valence-corrected chi connectivity index (χ3v) is 7.64. The quantitative estimate of drug-likeness (QED) is 0.383. The Morgan fingerprint density at radius 1 is 1.00 bits per heavy atom. The number of aryl methyl sites for hydroxylation is 1. The van der Waals surface area contributed by atoms with Crippen molar-refractivity contribution in [1.82, 2.24) is 0 Å². The van der Waals surface area contributed by atoms with Crippen LogP contribution in [-0.2, 0) is 6.42 Å². The molecule has 2 aromatic rings. The Kier molecular flexibility index (Phi) is 6.05. The molecule has 21 heavy (non-hydrogen) atoms. The van der Waals surface area contributed by atoms with Crippen molar-refractivity contribution in [3.8, 4) is 16.9 Å². The van der Waals surface area contributed by atoms with Gasteiger partial charge in [0.15, 0.2) is 0 Å². The Labute approximate surface area is 148 Å². The predicted molar refractivity (Wildman–Crippen MR) is 99.2 cm³/mol. The van der Waals surface area contributed by atoms with Crippen LogP contribution in [-0.4, -0.2) is 9.04 Å². The summed E-state index contributed by atoms with van der Waals surface area (Å²) in [6, 6.07) is 12.8. The molecule has 0 spiro atoms. The van der Waals surface area contributed by atoms with Gasteiger partial charge in [-0.05, 0) is 59.8 Å². The smallest absolute Gasteiger partial charge is 0.267 e. The van der Waals surface area contributed by atoms with Gasteiger partial charge in [-0.25, -0.2) is 4.39 Å². The van der Waals surface area contributed by atoms with E-state index in [1.807, 2.05) is 6.07 Å². The van der Waals surface area contributed by atoms with Crippen LogP contribution in [0, 0.1) is 5.82 Å². The van der Waals surface area contributed by atoms with Gasteiger partial charge in [0.2, 0.25) is 0 Å². The van der Waals surface area contributed by atoms with Crippen LogP contribution in [0.1, 0.15) is 12.0 Å². The highest BCUT2D eigenvalue weighted by atomic mass is 80.0. The van der Waals surface area contributed by atoms with E-state index in [0.29, 0.717) is 0 Å². The third kappa shape index (κ3) is 5.51. The molecule has 2 aromatic carbocycles. The van der Waals surface area contributed by atoms with Gasteiger partial charge in [0.05, 0.1) is 0 Å². The van der Waals surface area contributed by atoms with Crippen molar-refractivity contribution in [2.45, 2.75) is 18.9 Å². The molecular formula is C15H14Br3FOSi. The lowest BCUT2D eigenvalue weighted by Gasteiger charge is -2.13. The van der Waals surface area contributed by atoms with Gasteiger partial charge in [-0.1, -0.05) is 64.1 Å². The minimum Gasteiger partial charge on any atom is -0.508 e. The summed E-state index contributed by atoms with van der Waals surface area (Å²) in [5, 5.41) is 9.71. The van der Waals surface area contributed by atoms with E-state index in [-0.39, 0.29) is 11.6 Å². The van der Waals surface area contributed by atoms with E-state index in [1.165, 1.54) is 12.1 Å². The zero-order chi connectivity index (χ0) is 15.5. The molecule has 0 unspecified atom stereocenters. The molecule has 0 heterocycles. The van der Waals surface area contributed by atoms with Crippen molar-refractivity contribution in [1.29, 1.82) is 0 Å². The van der Waals surface area contributed by atoms with Gasteiger partial charge in [-0.15, -0.1) is 0 Å². The van der Waals surface area contributed by atoms with E-state index in [0.717, 1.165) is 35.6 Å². The first kappa shape index (κ1) is 17.2. The fourth-order valence-corrected chi connectivity index (χ4v) is 5.28. The van der Waals surface area contributed by atoms with Crippen molar-refractivity contribution < 1.29 is 9.50 Å². The Hall–Kier alpha value is -0.173. The minimum atomic E-state index is -1.60. The van der Waals surface area contributed by atoms with Crippen LogP contribution < -0.4 is 0 Å². The standard InChI is InChI=1S/C15H14Br3FOSi/c16-21(17,18)9-1-2-12-10-14(20)7-8-15(12)11-3-5-13(19)6-4-11/h3-8,10,20H,1-2,9H2. The molecule has 0 fully saturated rings. The molecule has 0 atom stereocenters. The number of phenols is 1. The average Bonchev–Trinajstić information content (AvgIpc) is 2.39. The van der Waals surface area contributed by atoms with Crippen LogP contribution in [0.3, 0.4) is 0 Å². The highest BCUT2D eigenvalue weighted by Gasteiger charge is 2.21. The highest BCUT2D eigenvalue weighted by Crippen LogP contribution is 2.35. The highest BCUT2D eigenvalue weighted by molar-refractivity contribution is 9.72. The number of hydrogen-bond acceptors (Lipinski definition) is 1. The fourth-order valence-electron chi connectivity index (χ4n) is 2.18. The summed E-state index contributed by atoms with van der Waals surface area (Å²) in [4.78, 5) is 0. The number of phenolic OH excluding ortho intramolecular Hbond substituents is 1. The molecule has 112 valence electrons. The summed E-state index contributed by atoms with van der Waals surface area (Å²) >= 11 is 10.9. The Morgan fingerprint density at radius 3 is 2.29 bits per heavy atom. The van der Waals surface area contributed by atoms with E-state index in [4.69, 9.17) is 0 Å². The first-order valence-electron chi connectivity index (χ1n) is 6.50. The normalized spacial score (nSPS) is 11.6. The zero-order valence-corrected chi connectivity index (χ0v) is 16.9. The van der Waals surface area contributed by atoms with Crippen molar-refractivity contribution in [2.24, 2.45) is 0 Å². The topological polar surface area (TPSA) is 20.2 Å². The van der Waals surface area contributed by atoms with Crippen molar-refractivity contribution in [3.05, 3.63) is 53.8 Å². The van der Waals surface area contributed by atoms with Gasteiger partial charge in [-0.2, -0.15) is 0 Å². The van der Waals surface area contributed by atoms with Gasteiger partial charge >= 0.3 is 0 Å². The summed E-state index contributed by atoms with van der Waals surface area (Å²) in [7, 11) is 0. The second-order valence-electron chi connectivity index (χ2n) is 4.82. The molecule has 0 saturated heterocycles. The van der Waals surface area contributed by atoms with Crippen LogP contribution in [0.15, 0.2) is 42.5 Å². The Bertz CT molecular complexity index is 611. The van der Waals surface area contributed by atoms with E-state index in [9.17, 15) is 9.50 Å². The molecule has 0 aromatic heterocycles. The second-order valence-corrected chi connectivity index (χ2v) is 28.3. The van der Waals surface area contributed by atoms with Gasteiger partial charge in [0, 0.05) is 0 Å². The summed E-state index contributed by atoms with van der Waals surface area (Å²) in [5.74, 6) is 0.0172. The SMILES string of the molecule is Oc1ccc(-c2ccc(F)cc2)c(CCC[Si](Br)(Br)Br)c1. The Balaban J connectivity index is 2.23. The van der Waals surface area contributed by atoms with Crippen molar-refractivity contribution in [3.63, 3.8) is 0 Å². The van der Waals surface area contributed by atoms with Crippen LogP contribution in [0.25, 0.3) is 11.1 Å². The molecule has 1 nitrogen and oxygen atoms in total. The van der Waals surface area contributed by atoms with Crippen molar-refractivity contribution >= 4 is 49.8 Å². The molecule has 0 saturated carbocycles. The number of rotatable bonds is 5. The lowest BCUT2D eigenvalue weighted by atomic mass is 9.96. The van der Waals surface area contributed by atoms with Gasteiger partial charge in [0.25, 0.3) is 3.93 Å². The van der Waals surface area contributed by atoms with Gasteiger partial charge in [-0.3, -0.25) is 0 Å². The van der Waals surface area contributed by atoms with E-state index < -0.39 is 3.93 Å². The fraction of sp³-hybridized carbons (Fsp3) is 0.200. The maximum absolute atomic E-state index is 13.0. The zero-order valence-electron chi connectivity index (χ0n) is 11.1. The van der Waals surface area contributed by atoms with Gasteiger partial charge in [0.1, 0.15) is 11.6 Å². The molecule has 0 aliphatic heterocycles. The van der Waals surface area contributed by atoms with E-state index in [2.05, 4.69) is 45.9 Å². The minimum absolute atomic E-state index is 0.243. The van der Waals surface area contributed by atoms with Crippen molar-refractivity contribution in [2.75, 3.05) is 0 Å². The average molecular weight is 497 g/mol. The van der Waals surface area contributed by atoms with Crippen LogP contribution in [0.4, 0.5) is 4.39 Å². The predicted octanol–water partition coefficient (Wildman–Crippen LogP) is 6.25. The molecule has 2 rings (SSSR count). The van der Waals surface area contributed by atoms with E-state index >= 15 is 0 Å². The lowest BCUT2D eigenvalue weighted by Crippen LogP contribution is -2.06. The van der Waals surface area contributed by atoms with Crippen LogP contribution in [0.2, 0.25) is 6.04 Å². The first-order chi connectivity index (χ1) is 9.85. The molecule has 0 amide bonds.